The van der Waals surface area contributed by atoms with Crippen LogP contribution in [0.15, 0.2) is 18.2 Å². The largest absolute Gasteiger partial charge is 0.465 e. The van der Waals surface area contributed by atoms with Gasteiger partial charge in [-0.1, -0.05) is 13.8 Å². The number of aryl methyl sites for hydroxylation is 1. The first kappa shape index (κ1) is 38.9. The molecule has 0 saturated heterocycles. The van der Waals surface area contributed by atoms with Crippen LogP contribution < -0.4 is 10.6 Å². The highest BCUT2D eigenvalue weighted by molar-refractivity contribution is 6.01. The monoisotopic (exact) mass is 675 g/mol. The molecule has 1 aromatic carbocycles. The number of fused-ring (bicyclic) bond motifs is 1. The van der Waals surface area contributed by atoms with E-state index in [-0.39, 0.29) is 17.1 Å². The molecule has 1 aromatic heterocycles. The van der Waals surface area contributed by atoms with Crippen LogP contribution in [0, 0.1) is 12.3 Å². The average Bonchev–Trinajstić information content (AvgIpc) is 3.36. The Morgan fingerprint density at radius 3 is 1.96 bits per heavy atom. The maximum Gasteiger partial charge on any atom is 0.404 e. The molecule has 14 heteroatoms. The molecule has 0 saturated carbocycles. The molecule has 2 aromatic rings. The van der Waals surface area contributed by atoms with Gasteiger partial charge in [-0.15, -0.1) is 0 Å². The second-order valence-electron chi connectivity index (χ2n) is 12.6. The van der Waals surface area contributed by atoms with Gasteiger partial charge in [-0.3, -0.25) is 9.59 Å². The third-order valence-electron chi connectivity index (χ3n) is 7.61. The van der Waals surface area contributed by atoms with Crippen molar-refractivity contribution < 1.29 is 43.2 Å². The number of ketones is 1. The number of amides is 2. The van der Waals surface area contributed by atoms with E-state index < -0.39 is 6.09 Å². The number of hydrogen-bond acceptors (Lipinski definition) is 10. The predicted molar refractivity (Wildman–Crippen MR) is 181 cm³/mol. The molecule has 48 heavy (non-hydrogen) atoms. The van der Waals surface area contributed by atoms with Gasteiger partial charge in [0.05, 0.1) is 81.1 Å². The van der Waals surface area contributed by atoms with Crippen LogP contribution in [0.25, 0.3) is 5.69 Å². The normalized spacial score (nSPS) is 13.7. The molecule has 0 radical (unpaired) electrons. The number of carbonyl (C=O) groups is 3. The Kier molecular flexibility index (Phi) is 16.3. The minimum Gasteiger partial charge on any atom is -0.465 e. The van der Waals surface area contributed by atoms with E-state index in [4.69, 9.17) is 33.9 Å². The Hall–Kier alpha value is -3.56. The van der Waals surface area contributed by atoms with Crippen molar-refractivity contribution in [2.45, 2.75) is 46.5 Å². The standard InChI is InChI=1S/C34H53N5O9/c1-25-31-29(23-34(2,3)24-30(31)40)39(37-25)26-8-9-27(32(41)38(4)5)28(22-26)35-10-6-12-44-14-16-46-18-20-48-21-19-47-17-15-45-13-7-11-36-33(42)43/h8-9,22,35-36H,6-7,10-21,23-24H2,1-5H3,(H,42,43). The Morgan fingerprint density at radius 1 is 0.875 bits per heavy atom. The van der Waals surface area contributed by atoms with Crippen LogP contribution in [0.5, 0.6) is 0 Å². The summed E-state index contributed by atoms with van der Waals surface area (Å²) in [5.74, 6) is 0.0274. The summed E-state index contributed by atoms with van der Waals surface area (Å²) in [5, 5.41) is 18.9. The summed E-state index contributed by atoms with van der Waals surface area (Å²) >= 11 is 0. The summed E-state index contributed by atoms with van der Waals surface area (Å²) in [5.41, 5.74) is 4.30. The fourth-order valence-electron chi connectivity index (χ4n) is 5.34. The Bertz CT molecular complexity index is 1330. The van der Waals surface area contributed by atoms with Crippen LogP contribution >= 0.6 is 0 Å². The highest BCUT2D eigenvalue weighted by atomic mass is 16.6. The maximum absolute atomic E-state index is 12.9. The molecule has 0 unspecified atom stereocenters. The Balaban J connectivity index is 1.31. The lowest BCUT2D eigenvalue weighted by molar-refractivity contribution is -0.0111. The Morgan fingerprint density at radius 2 is 1.42 bits per heavy atom. The molecule has 14 nitrogen and oxygen atoms in total. The van der Waals surface area contributed by atoms with Crippen molar-refractivity contribution >= 4 is 23.5 Å². The van der Waals surface area contributed by atoms with E-state index in [2.05, 4.69) is 24.5 Å². The summed E-state index contributed by atoms with van der Waals surface area (Å²) in [6.45, 7) is 11.7. The average molecular weight is 676 g/mol. The van der Waals surface area contributed by atoms with Gasteiger partial charge in [-0.2, -0.15) is 5.10 Å². The molecule has 0 fully saturated rings. The number of nitrogens with zero attached hydrogens (tertiary/aromatic N) is 3. The van der Waals surface area contributed by atoms with Crippen molar-refractivity contribution in [3.63, 3.8) is 0 Å². The minimum absolute atomic E-state index is 0.102. The fourth-order valence-corrected chi connectivity index (χ4v) is 5.34. The van der Waals surface area contributed by atoms with Crippen molar-refractivity contribution in [2.24, 2.45) is 5.41 Å². The molecule has 0 bridgehead atoms. The summed E-state index contributed by atoms with van der Waals surface area (Å²) in [6, 6.07) is 5.63. The lowest BCUT2D eigenvalue weighted by Crippen LogP contribution is -2.28. The molecule has 2 amide bonds. The zero-order valence-corrected chi connectivity index (χ0v) is 29.1. The molecule has 1 aliphatic carbocycles. The second kappa shape index (κ2) is 20.1. The van der Waals surface area contributed by atoms with Gasteiger partial charge >= 0.3 is 6.09 Å². The van der Waals surface area contributed by atoms with E-state index in [1.807, 2.05) is 29.8 Å². The maximum atomic E-state index is 12.9. The molecule has 0 spiro atoms. The van der Waals surface area contributed by atoms with Gasteiger partial charge in [0.25, 0.3) is 5.91 Å². The van der Waals surface area contributed by atoms with E-state index in [9.17, 15) is 14.4 Å². The third kappa shape index (κ3) is 12.8. The highest BCUT2D eigenvalue weighted by Crippen LogP contribution is 2.37. The van der Waals surface area contributed by atoms with Gasteiger partial charge in [0, 0.05) is 52.5 Å². The SMILES string of the molecule is Cc1nn(-c2ccc(C(=O)N(C)C)c(NCCCOCCOCCOCCOCCOCCCNC(=O)O)c2)c2c1C(=O)CC(C)(C)C2. The van der Waals surface area contributed by atoms with Crippen LogP contribution in [0.2, 0.25) is 0 Å². The molecular weight excluding hydrogens is 622 g/mol. The van der Waals surface area contributed by atoms with E-state index in [1.165, 1.54) is 0 Å². The van der Waals surface area contributed by atoms with Gasteiger partial charge in [0.2, 0.25) is 0 Å². The number of rotatable bonds is 23. The van der Waals surface area contributed by atoms with Gasteiger partial charge < -0.3 is 44.3 Å². The van der Waals surface area contributed by atoms with E-state index in [0.29, 0.717) is 103 Å². The van der Waals surface area contributed by atoms with E-state index in [1.54, 1.807) is 19.0 Å². The molecule has 0 aliphatic heterocycles. The second-order valence-corrected chi connectivity index (χ2v) is 12.6. The smallest absolute Gasteiger partial charge is 0.404 e. The van der Waals surface area contributed by atoms with E-state index >= 15 is 0 Å². The number of Topliss-reactive ketones (excluding diaryl/α,β-unsaturated/α-hetero) is 1. The third-order valence-corrected chi connectivity index (χ3v) is 7.61. The summed E-state index contributed by atoms with van der Waals surface area (Å²) in [4.78, 5) is 37.7. The van der Waals surface area contributed by atoms with Gasteiger partial charge in [-0.05, 0) is 49.8 Å². The number of carbonyl (C=O) groups excluding carboxylic acids is 2. The molecular formula is C34H53N5O9. The molecule has 3 N–H and O–H groups in total. The lowest BCUT2D eigenvalue weighted by atomic mass is 9.75. The molecule has 268 valence electrons. The minimum atomic E-state index is -1.03. The van der Waals surface area contributed by atoms with Crippen LogP contribution in [0.1, 0.15) is 65.2 Å². The van der Waals surface area contributed by atoms with Gasteiger partial charge in [0.1, 0.15) is 0 Å². The van der Waals surface area contributed by atoms with Crippen molar-refractivity contribution in [2.75, 3.05) is 98.6 Å². The first-order valence-corrected chi connectivity index (χ1v) is 16.6. The van der Waals surface area contributed by atoms with Crippen LogP contribution in [0.4, 0.5) is 10.5 Å². The number of aromatic nitrogens is 2. The zero-order valence-electron chi connectivity index (χ0n) is 29.1. The highest BCUT2D eigenvalue weighted by Gasteiger charge is 2.35. The Labute approximate surface area is 283 Å². The quantitative estimate of drug-likeness (QED) is 0.148. The number of nitrogens with one attached hydrogen (secondary N) is 2. The topological polar surface area (TPSA) is 163 Å². The van der Waals surface area contributed by atoms with Gasteiger partial charge in [-0.25, -0.2) is 9.48 Å². The number of hydrogen-bond donors (Lipinski definition) is 3. The number of benzene rings is 1. The molecule has 0 atom stereocenters. The first-order valence-electron chi connectivity index (χ1n) is 16.6. The summed E-state index contributed by atoms with van der Waals surface area (Å²) < 4.78 is 29.4. The van der Waals surface area contributed by atoms with Crippen molar-refractivity contribution in [1.29, 1.82) is 0 Å². The predicted octanol–water partition coefficient (Wildman–Crippen LogP) is 3.58. The van der Waals surface area contributed by atoms with Gasteiger partial charge in [0.15, 0.2) is 5.78 Å². The van der Waals surface area contributed by atoms with Crippen molar-refractivity contribution in [3.05, 3.63) is 40.7 Å². The molecule has 3 rings (SSSR count). The first-order chi connectivity index (χ1) is 23.0. The van der Waals surface area contributed by atoms with Crippen molar-refractivity contribution in [1.82, 2.24) is 20.0 Å². The molecule has 1 heterocycles. The fraction of sp³-hybridized carbons (Fsp3) is 0.647. The number of ether oxygens (including phenoxy) is 5. The zero-order chi connectivity index (χ0) is 34.9. The van der Waals surface area contributed by atoms with Crippen LogP contribution in [-0.4, -0.2) is 131 Å². The van der Waals surface area contributed by atoms with Crippen LogP contribution in [-0.2, 0) is 30.1 Å². The summed E-state index contributed by atoms with van der Waals surface area (Å²) in [7, 11) is 3.46. The number of carboxylic acid groups (broad SMARTS) is 1. The molecule has 1 aliphatic rings. The van der Waals surface area contributed by atoms with E-state index in [0.717, 1.165) is 35.5 Å². The lowest BCUT2D eigenvalue weighted by Gasteiger charge is -2.29. The van der Waals surface area contributed by atoms with Crippen LogP contribution in [0.3, 0.4) is 0 Å². The van der Waals surface area contributed by atoms with Crippen molar-refractivity contribution in [3.8, 4) is 5.69 Å². The number of anilines is 1. The summed E-state index contributed by atoms with van der Waals surface area (Å²) in [6.07, 6.45) is 1.57.